The standard InChI is InChI=1S/C27H44N3Si2/c1-21-15-14-16-22(2)25(21)30(32(9,10)11)31-28(19-26(3,4)5)23-17-12-13-18-24(23)29(31)20-27(6,7)8/h12-18H,19-20H2,1-11H3/q-1. The molecular weight excluding hydrogens is 422 g/mol. The van der Waals surface area contributed by atoms with Crippen LogP contribution in [0, 0.1) is 24.7 Å². The lowest BCUT2D eigenvalue weighted by Crippen LogP contribution is -2.69. The molecule has 1 aliphatic rings. The van der Waals surface area contributed by atoms with Crippen molar-refractivity contribution < 1.29 is 0 Å². The largest absolute Gasteiger partial charge is 0.537 e. The van der Waals surface area contributed by atoms with Gasteiger partial charge in [-0.3, -0.25) is 0 Å². The van der Waals surface area contributed by atoms with Crippen LogP contribution < -0.4 is 13.4 Å². The van der Waals surface area contributed by atoms with Crippen LogP contribution in [0.3, 0.4) is 0 Å². The maximum absolute atomic E-state index is 2.92. The topological polar surface area (TPSA) is 9.72 Å². The van der Waals surface area contributed by atoms with Gasteiger partial charge in [0, 0.05) is 11.4 Å². The third kappa shape index (κ3) is 5.25. The zero-order chi connectivity index (χ0) is 24.1. The molecule has 1 heterocycles. The van der Waals surface area contributed by atoms with Gasteiger partial charge in [0.1, 0.15) is 8.24 Å². The minimum atomic E-state index is -1.73. The molecule has 32 heavy (non-hydrogen) atoms. The van der Waals surface area contributed by atoms with Crippen LogP contribution in [0.25, 0.3) is 0 Å². The normalized spacial score (nSPS) is 15.3. The Balaban J connectivity index is 2.29. The molecule has 0 atom stereocenters. The number of benzene rings is 2. The monoisotopic (exact) mass is 466 g/mol. The fourth-order valence-electron chi connectivity index (χ4n) is 4.68. The van der Waals surface area contributed by atoms with Crippen molar-refractivity contribution in [1.29, 1.82) is 0 Å². The molecule has 2 aromatic carbocycles. The zero-order valence-electron chi connectivity index (χ0n) is 22.3. The number of rotatable bonds is 5. The second-order valence-corrected chi connectivity index (χ2v) is 20.2. The number of fused-ring (bicyclic) bond motifs is 1. The van der Waals surface area contributed by atoms with Crippen molar-refractivity contribution in [3.8, 4) is 0 Å². The van der Waals surface area contributed by atoms with Gasteiger partial charge >= 0.3 is 0 Å². The summed E-state index contributed by atoms with van der Waals surface area (Å²) in [6.45, 7) is 28.5. The van der Waals surface area contributed by atoms with Crippen molar-refractivity contribution in [3.63, 3.8) is 0 Å². The number of aryl methyl sites for hydroxylation is 2. The molecule has 0 saturated heterocycles. The van der Waals surface area contributed by atoms with Gasteiger partial charge in [0.15, 0.2) is 0 Å². The SMILES string of the molecule is Cc1cccc(C)c1N([Si-]1N(CC(C)(C)C)c2ccccc2N1CC(C)(C)C)[Si](C)(C)C. The average Bonchev–Trinajstić information content (AvgIpc) is 2.88. The highest BCUT2D eigenvalue weighted by atomic mass is 28.4. The molecule has 5 heteroatoms. The number of hydrogen-bond donors (Lipinski definition) is 0. The first kappa shape index (κ1) is 24.9. The summed E-state index contributed by atoms with van der Waals surface area (Å²) in [5.74, 6) is 0. The van der Waals surface area contributed by atoms with Gasteiger partial charge in [-0.2, -0.15) is 0 Å². The maximum Gasteiger partial charge on any atom is 0.111 e. The van der Waals surface area contributed by atoms with Crippen LogP contribution in [0.15, 0.2) is 42.5 Å². The lowest BCUT2D eigenvalue weighted by Gasteiger charge is -2.61. The van der Waals surface area contributed by atoms with E-state index >= 15 is 0 Å². The van der Waals surface area contributed by atoms with Crippen LogP contribution in [-0.4, -0.2) is 30.6 Å². The molecule has 3 rings (SSSR count). The lowest BCUT2D eigenvalue weighted by molar-refractivity contribution is 0.424. The third-order valence-corrected chi connectivity index (χ3v) is 12.3. The van der Waals surface area contributed by atoms with E-state index in [1.54, 1.807) is 0 Å². The predicted molar refractivity (Wildman–Crippen MR) is 148 cm³/mol. The molecule has 0 aromatic heterocycles. The number of anilines is 3. The molecule has 0 spiro atoms. The second-order valence-electron chi connectivity index (χ2n) is 12.8. The molecule has 0 unspecified atom stereocenters. The van der Waals surface area contributed by atoms with Gasteiger partial charge < -0.3 is 13.4 Å². The van der Waals surface area contributed by atoms with E-state index in [1.807, 2.05) is 0 Å². The first-order valence-corrected chi connectivity index (χ1v) is 16.8. The van der Waals surface area contributed by atoms with Crippen LogP contribution in [0.1, 0.15) is 52.7 Å². The Labute approximate surface area is 200 Å². The van der Waals surface area contributed by atoms with Gasteiger partial charge in [-0.1, -0.05) is 91.5 Å². The molecule has 0 N–H and O–H groups in total. The fourth-order valence-corrected chi connectivity index (χ4v) is 12.2. The van der Waals surface area contributed by atoms with Crippen LogP contribution >= 0.6 is 0 Å². The fraction of sp³-hybridized carbons (Fsp3) is 0.556. The van der Waals surface area contributed by atoms with Gasteiger partial charge in [-0.25, -0.2) is 0 Å². The van der Waals surface area contributed by atoms with E-state index in [9.17, 15) is 0 Å². The molecule has 3 nitrogen and oxygen atoms in total. The number of nitrogens with zero attached hydrogens (tertiary/aromatic N) is 3. The highest BCUT2D eigenvalue weighted by molar-refractivity contribution is 6.95. The summed E-state index contributed by atoms with van der Waals surface area (Å²) >= 11 is 0. The molecule has 0 fully saturated rings. The molecule has 0 bridgehead atoms. The van der Waals surface area contributed by atoms with Crippen molar-refractivity contribution in [2.45, 2.75) is 75.0 Å². The average molecular weight is 467 g/mol. The summed E-state index contributed by atoms with van der Waals surface area (Å²) < 4.78 is 8.49. The highest BCUT2D eigenvalue weighted by Crippen LogP contribution is 2.44. The van der Waals surface area contributed by atoms with E-state index in [1.165, 1.54) is 28.2 Å². The Bertz CT molecular complexity index is 887. The summed E-state index contributed by atoms with van der Waals surface area (Å²) in [5, 5.41) is 0. The molecular formula is C27H44N3Si2-. The quantitative estimate of drug-likeness (QED) is 0.426. The molecule has 1 aliphatic heterocycles. The van der Waals surface area contributed by atoms with Gasteiger partial charge in [0.05, 0.1) is 9.28 Å². The van der Waals surface area contributed by atoms with E-state index in [0.717, 1.165) is 13.1 Å². The van der Waals surface area contributed by atoms with Gasteiger partial charge in [-0.05, 0) is 66.7 Å². The van der Waals surface area contributed by atoms with Gasteiger partial charge in [-0.15, -0.1) is 0 Å². The van der Waals surface area contributed by atoms with Gasteiger partial charge in [0.2, 0.25) is 0 Å². The summed E-state index contributed by atoms with van der Waals surface area (Å²) in [6, 6.07) is 15.9. The Morgan fingerprint density at radius 2 is 1.12 bits per heavy atom. The van der Waals surface area contributed by atoms with Crippen molar-refractivity contribution in [3.05, 3.63) is 53.6 Å². The Kier molecular flexibility index (Phi) is 6.67. The number of para-hydroxylation sites is 3. The van der Waals surface area contributed by atoms with Crippen LogP contribution in [-0.2, 0) is 0 Å². The zero-order valence-corrected chi connectivity index (χ0v) is 24.3. The van der Waals surface area contributed by atoms with Crippen molar-refractivity contribution in [1.82, 2.24) is 0 Å². The summed E-state index contributed by atoms with van der Waals surface area (Å²) in [5.41, 5.74) is 7.51. The molecule has 0 aliphatic carbocycles. The van der Waals surface area contributed by atoms with E-state index in [2.05, 4.69) is 131 Å². The first-order chi connectivity index (χ1) is 14.6. The van der Waals surface area contributed by atoms with Crippen LogP contribution in [0.2, 0.25) is 19.6 Å². The highest BCUT2D eigenvalue weighted by Gasteiger charge is 2.38. The van der Waals surface area contributed by atoms with Crippen molar-refractivity contribution >= 4 is 34.6 Å². The molecule has 0 amide bonds. The van der Waals surface area contributed by atoms with E-state index in [0.29, 0.717) is 0 Å². The van der Waals surface area contributed by atoms with E-state index in [-0.39, 0.29) is 10.8 Å². The molecule has 0 radical (unpaired) electrons. The Morgan fingerprint density at radius 1 is 0.719 bits per heavy atom. The third-order valence-electron chi connectivity index (χ3n) is 5.74. The van der Waals surface area contributed by atoms with Crippen molar-refractivity contribution in [2.75, 3.05) is 26.5 Å². The minimum absolute atomic E-state index is 0.215. The maximum atomic E-state index is 2.92. The summed E-state index contributed by atoms with van der Waals surface area (Å²) in [6.07, 6.45) is 0. The van der Waals surface area contributed by atoms with E-state index in [4.69, 9.17) is 0 Å². The lowest BCUT2D eigenvalue weighted by atomic mass is 9.96. The van der Waals surface area contributed by atoms with Gasteiger partial charge in [0.25, 0.3) is 0 Å². The Morgan fingerprint density at radius 3 is 1.47 bits per heavy atom. The first-order valence-electron chi connectivity index (χ1n) is 12.0. The molecule has 2 aromatic rings. The van der Waals surface area contributed by atoms with Crippen molar-refractivity contribution in [2.24, 2.45) is 10.8 Å². The van der Waals surface area contributed by atoms with E-state index < -0.39 is 17.5 Å². The second kappa shape index (κ2) is 8.56. The molecule has 0 saturated carbocycles. The predicted octanol–water partition coefficient (Wildman–Crippen LogP) is 7.35. The minimum Gasteiger partial charge on any atom is -0.537 e. The summed E-state index contributed by atoms with van der Waals surface area (Å²) in [4.78, 5) is 0. The summed E-state index contributed by atoms with van der Waals surface area (Å²) in [7, 11) is -2.98. The van der Waals surface area contributed by atoms with Crippen LogP contribution in [0.4, 0.5) is 17.1 Å². The molecule has 176 valence electrons. The Hall–Kier alpha value is -1.73. The number of hydrogen-bond acceptors (Lipinski definition) is 3. The smallest absolute Gasteiger partial charge is 0.111 e. The van der Waals surface area contributed by atoms with Crippen LogP contribution in [0.5, 0.6) is 0 Å².